The average molecular weight is 313 g/mol. The Balaban J connectivity index is 1.89. The Labute approximate surface area is 115 Å². The Kier molecular flexibility index (Phi) is 3.87. The Hall–Kier alpha value is -1.77. The summed E-state index contributed by atoms with van der Waals surface area (Å²) in [6.07, 6.45) is -9.51. The first-order chi connectivity index (χ1) is 9.57. The van der Waals surface area contributed by atoms with E-state index in [0.717, 1.165) is 17.2 Å². The number of nitrogens with zero attached hydrogens (tertiary/aromatic N) is 1. The Bertz CT molecular complexity index is 516. The highest BCUT2D eigenvalue weighted by Crippen LogP contribution is 2.33. The van der Waals surface area contributed by atoms with Gasteiger partial charge in [-0.2, -0.15) is 26.3 Å². The highest BCUT2D eigenvalue weighted by molar-refractivity contribution is 5.75. The number of rotatable bonds is 2. The molecule has 116 valence electrons. The van der Waals surface area contributed by atoms with Crippen LogP contribution >= 0.6 is 0 Å². The molecule has 0 N–H and O–H groups in total. The highest BCUT2D eigenvalue weighted by Gasteiger charge is 2.44. The Morgan fingerprint density at radius 3 is 2.00 bits per heavy atom. The number of benzene rings is 1. The van der Waals surface area contributed by atoms with E-state index in [4.69, 9.17) is 0 Å². The van der Waals surface area contributed by atoms with Crippen molar-refractivity contribution in [2.24, 2.45) is 0 Å². The summed E-state index contributed by atoms with van der Waals surface area (Å²) in [5.41, 5.74) is -0.256. The van der Waals surface area contributed by atoms with Crippen LogP contribution in [-0.2, 0) is 15.8 Å². The SMILES string of the molecule is O=C(ON1CC(c2ccc(C(F)(F)F)cc2)C1)C(F)(F)F. The molecule has 0 saturated carbocycles. The zero-order valence-corrected chi connectivity index (χ0v) is 10.3. The van der Waals surface area contributed by atoms with Gasteiger partial charge in [0.25, 0.3) is 0 Å². The fourth-order valence-electron chi connectivity index (χ4n) is 1.84. The number of carbonyl (C=O) groups is 1. The maximum absolute atomic E-state index is 12.4. The Morgan fingerprint density at radius 2 is 1.57 bits per heavy atom. The fraction of sp³-hybridized carbons (Fsp3) is 0.417. The Morgan fingerprint density at radius 1 is 1.05 bits per heavy atom. The summed E-state index contributed by atoms with van der Waals surface area (Å²) in [7, 11) is 0. The van der Waals surface area contributed by atoms with Gasteiger partial charge in [0.15, 0.2) is 0 Å². The topological polar surface area (TPSA) is 29.5 Å². The molecule has 0 bridgehead atoms. The van der Waals surface area contributed by atoms with Crippen LogP contribution in [0.25, 0.3) is 0 Å². The quantitative estimate of drug-likeness (QED) is 0.786. The van der Waals surface area contributed by atoms with E-state index in [1.807, 2.05) is 0 Å². The number of alkyl halides is 6. The van der Waals surface area contributed by atoms with E-state index in [2.05, 4.69) is 4.84 Å². The minimum Gasteiger partial charge on any atom is -0.361 e. The van der Waals surface area contributed by atoms with E-state index < -0.39 is 23.9 Å². The van der Waals surface area contributed by atoms with Gasteiger partial charge in [0.2, 0.25) is 0 Å². The molecule has 0 aromatic heterocycles. The summed E-state index contributed by atoms with van der Waals surface area (Å²) in [5.74, 6) is -2.58. The van der Waals surface area contributed by atoms with Crippen LogP contribution < -0.4 is 0 Å². The minimum absolute atomic E-state index is 0.00713. The molecular weight excluding hydrogens is 304 g/mol. The molecule has 1 heterocycles. The molecule has 1 fully saturated rings. The average Bonchev–Trinajstić information content (AvgIpc) is 2.30. The van der Waals surface area contributed by atoms with Crippen LogP contribution in [0.3, 0.4) is 0 Å². The lowest BCUT2D eigenvalue weighted by Gasteiger charge is -2.37. The third kappa shape index (κ3) is 3.66. The summed E-state index contributed by atoms with van der Waals surface area (Å²) in [5, 5.41) is 0.818. The second kappa shape index (κ2) is 5.21. The van der Waals surface area contributed by atoms with Gasteiger partial charge in [-0.15, -0.1) is 5.06 Å². The molecular formula is C12H9F6NO2. The second-order valence-corrected chi connectivity index (χ2v) is 4.54. The maximum atomic E-state index is 12.4. The molecule has 21 heavy (non-hydrogen) atoms. The summed E-state index contributed by atoms with van der Waals surface area (Å²) >= 11 is 0. The van der Waals surface area contributed by atoms with Gasteiger partial charge in [-0.25, -0.2) is 4.79 Å². The second-order valence-electron chi connectivity index (χ2n) is 4.54. The molecule has 1 aliphatic rings. The van der Waals surface area contributed by atoms with E-state index in [1.54, 1.807) is 0 Å². The third-order valence-electron chi connectivity index (χ3n) is 3.00. The normalized spacial score (nSPS) is 17.4. The molecule has 1 aromatic carbocycles. The molecule has 0 radical (unpaired) electrons. The monoisotopic (exact) mass is 313 g/mol. The van der Waals surface area contributed by atoms with Gasteiger partial charge < -0.3 is 4.84 Å². The molecule has 3 nitrogen and oxygen atoms in total. The predicted octanol–water partition coefficient (Wildman–Crippen LogP) is 3.13. The van der Waals surface area contributed by atoms with Crippen LogP contribution in [-0.4, -0.2) is 30.3 Å². The van der Waals surface area contributed by atoms with Crippen molar-refractivity contribution in [1.82, 2.24) is 5.06 Å². The molecule has 1 aliphatic heterocycles. The van der Waals surface area contributed by atoms with Crippen molar-refractivity contribution >= 4 is 5.97 Å². The van der Waals surface area contributed by atoms with Gasteiger partial charge in [0.1, 0.15) is 0 Å². The van der Waals surface area contributed by atoms with E-state index in [-0.39, 0.29) is 19.0 Å². The molecule has 0 unspecified atom stereocenters. The lowest BCUT2D eigenvalue weighted by Crippen LogP contribution is -2.47. The zero-order valence-electron chi connectivity index (χ0n) is 10.3. The molecule has 9 heteroatoms. The van der Waals surface area contributed by atoms with Crippen LogP contribution in [0.4, 0.5) is 26.3 Å². The summed E-state index contributed by atoms with van der Waals surface area (Å²) in [6, 6.07) is 4.33. The molecule has 1 aromatic rings. The van der Waals surface area contributed by atoms with Crippen molar-refractivity contribution in [1.29, 1.82) is 0 Å². The number of carbonyl (C=O) groups excluding carboxylic acids is 1. The van der Waals surface area contributed by atoms with E-state index in [1.165, 1.54) is 12.1 Å². The van der Waals surface area contributed by atoms with Gasteiger partial charge in [-0.3, -0.25) is 0 Å². The largest absolute Gasteiger partial charge is 0.492 e. The predicted molar refractivity (Wildman–Crippen MR) is 57.9 cm³/mol. The first-order valence-electron chi connectivity index (χ1n) is 5.78. The van der Waals surface area contributed by atoms with Crippen molar-refractivity contribution in [3.8, 4) is 0 Å². The molecule has 2 rings (SSSR count). The molecule has 1 saturated heterocycles. The van der Waals surface area contributed by atoms with Crippen LogP contribution in [0.5, 0.6) is 0 Å². The first-order valence-corrected chi connectivity index (χ1v) is 5.78. The lowest BCUT2D eigenvalue weighted by molar-refractivity contribution is -0.253. The number of halogens is 6. The third-order valence-corrected chi connectivity index (χ3v) is 3.00. The fourth-order valence-corrected chi connectivity index (χ4v) is 1.84. The molecule has 0 spiro atoms. The maximum Gasteiger partial charge on any atom is 0.492 e. The number of hydrogen-bond acceptors (Lipinski definition) is 3. The van der Waals surface area contributed by atoms with Gasteiger partial charge in [0, 0.05) is 19.0 Å². The van der Waals surface area contributed by atoms with E-state index in [0.29, 0.717) is 5.56 Å². The van der Waals surface area contributed by atoms with E-state index in [9.17, 15) is 31.1 Å². The van der Waals surface area contributed by atoms with Crippen molar-refractivity contribution in [3.63, 3.8) is 0 Å². The smallest absolute Gasteiger partial charge is 0.361 e. The standard InChI is InChI=1S/C12H9F6NO2/c13-11(14,15)9-3-1-7(2-4-9)8-5-19(6-8)21-10(20)12(16,17)18/h1-4,8H,5-6H2. The summed E-state index contributed by atoms with van der Waals surface area (Å²) in [4.78, 5) is 14.6. The van der Waals surface area contributed by atoms with E-state index >= 15 is 0 Å². The van der Waals surface area contributed by atoms with Crippen LogP contribution in [0.1, 0.15) is 17.0 Å². The van der Waals surface area contributed by atoms with Crippen molar-refractivity contribution in [2.75, 3.05) is 13.1 Å². The van der Waals surface area contributed by atoms with Crippen molar-refractivity contribution in [2.45, 2.75) is 18.3 Å². The van der Waals surface area contributed by atoms with Crippen molar-refractivity contribution in [3.05, 3.63) is 35.4 Å². The highest BCUT2D eigenvalue weighted by atomic mass is 19.4. The van der Waals surface area contributed by atoms with Gasteiger partial charge in [-0.05, 0) is 17.7 Å². The number of hydroxylamine groups is 2. The minimum atomic E-state index is -5.07. The van der Waals surface area contributed by atoms with Gasteiger partial charge >= 0.3 is 18.3 Å². The first kappa shape index (κ1) is 15.6. The van der Waals surface area contributed by atoms with Crippen LogP contribution in [0.2, 0.25) is 0 Å². The lowest BCUT2D eigenvalue weighted by atomic mass is 9.92. The van der Waals surface area contributed by atoms with Gasteiger partial charge in [0.05, 0.1) is 5.56 Å². The van der Waals surface area contributed by atoms with Crippen LogP contribution in [0.15, 0.2) is 24.3 Å². The number of hydrogen-bond donors (Lipinski definition) is 0. The van der Waals surface area contributed by atoms with Crippen LogP contribution in [0, 0.1) is 0 Å². The molecule has 0 aliphatic carbocycles. The van der Waals surface area contributed by atoms with Crippen molar-refractivity contribution < 1.29 is 36.0 Å². The molecule has 0 amide bonds. The summed E-state index contributed by atoms with van der Waals surface area (Å²) in [6.45, 7) is 0.0143. The van der Waals surface area contributed by atoms with Gasteiger partial charge in [-0.1, -0.05) is 12.1 Å². The molecule has 0 atom stereocenters. The summed E-state index contributed by atoms with van der Waals surface area (Å²) < 4.78 is 72.9. The zero-order chi connectivity index (χ0) is 15.8.